The van der Waals surface area contributed by atoms with Gasteiger partial charge in [0, 0.05) is 34.6 Å². The molecule has 4 N–H and O–H groups in total. The Bertz CT molecular complexity index is 2230. The fourth-order valence-electron chi connectivity index (χ4n) is 10.4. The van der Waals surface area contributed by atoms with E-state index in [4.69, 9.17) is 59.4 Å². The molecule has 0 aromatic heterocycles. The highest BCUT2D eigenvalue weighted by Crippen LogP contribution is 2.43. The minimum atomic E-state index is -0.795. The summed E-state index contributed by atoms with van der Waals surface area (Å²) >= 11 is 0. The highest BCUT2D eigenvalue weighted by molar-refractivity contribution is 5.92. The molecule has 88 heavy (non-hydrogen) atoms. The summed E-state index contributed by atoms with van der Waals surface area (Å²) < 4.78 is 38.9. The van der Waals surface area contributed by atoms with Crippen molar-refractivity contribution in [1.29, 1.82) is 0 Å². The minimum Gasteiger partial charge on any atom is -0.490 e. The van der Waals surface area contributed by atoms with Crippen LogP contribution >= 0.6 is 0 Å². The lowest BCUT2D eigenvalue weighted by molar-refractivity contribution is -0.150. The molecule has 0 saturated heterocycles. The molecular weight excluding hydrogens is 1110 g/mol. The first-order valence-corrected chi connectivity index (χ1v) is 34.9. The van der Waals surface area contributed by atoms with Crippen LogP contribution in [0.15, 0.2) is 60.7 Å². The van der Waals surface area contributed by atoms with Crippen LogP contribution in [0.4, 0.5) is 11.4 Å². The first kappa shape index (κ1) is 74.3. The van der Waals surface area contributed by atoms with E-state index in [0.29, 0.717) is 96.6 Å². The molecular formula is C74H116N2O12. The van der Waals surface area contributed by atoms with E-state index in [1.807, 2.05) is 0 Å². The summed E-state index contributed by atoms with van der Waals surface area (Å²) in [5.41, 5.74) is 14.5. The van der Waals surface area contributed by atoms with Crippen LogP contribution in [-0.2, 0) is 9.78 Å². The number of carbonyl (C=O) groups is 2. The number of anilines is 2. The molecule has 4 aromatic carbocycles. The highest BCUT2D eigenvalue weighted by Gasteiger charge is 2.25. The third kappa shape index (κ3) is 30.4. The average molecular weight is 1230 g/mol. The second kappa shape index (κ2) is 47.8. The molecule has 0 unspecified atom stereocenters. The number of hydrogen-bond acceptors (Lipinski definition) is 14. The van der Waals surface area contributed by atoms with Crippen LogP contribution in [0.1, 0.15) is 293 Å². The lowest BCUT2D eigenvalue weighted by Gasteiger charge is -2.19. The maximum absolute atomic E-state index is 14.3. The summed E-state index contributed by atoms with van der Waals surface area (Å²) in [5.74, 6) is 1.20. The van der Waals surface area contributed by atoms with Crippen LogP contribution in [0.2, 0.25) is 0 Å². The monoisotopic (exact) mass is 1220 g/mol. The molecule has 0 aliphatic rings. The van der Waals surface area contributed by atoms with Crippen LogP contribution in [0, 0.1) is 0 Å². The summed E-state index contributed by atoms with van der Waals surface area (Å²) in [6, 6.07) is 16.4. The summed E-state index contributed by atoms with van der Waals surface area (Å²) in [7, 11) is 0. The van der Waals surface area contributed by atoms with E-state index in [1.54, 1.807) is 48.5 Å². The fraction of sp³-hybridized carbons (Fsp3) is 0.649. The van der Waals surface area contributed by atoms with Gasteiger partial charge in [0.25, 0.3) is 0 Å². The minimum absolute atomic E-state index is 0.0862. The maximum Gasteiger partial charge on any atom is 0.386 e. The van der Waals surface area contributed by atoms with Crippen LogP contribution in [0.5, 0.6) is 46.0 Å². The Hall–Kier alpha value is -6.18. The molecule has 0 radical (unpaired) electrons. The Labute approximate surface area is 531 Å². The van der Waals surface area contributed by atoms with E-state index in [-0.39, 0.29) is 22.6 Å². The van der Waals surface area contributed by atoms with Gasteiger partial charge in [-0.1, -0.05) is 234 Å². The maximum atomic E-state index is 14.3. The van der Waals surface area contributed by atoms with Crippen molar-refractivity contribution in [3.8, 4) is 57.1 Å². The normalized spacial score (nSPS) is 11.1. The predicted molar refractivity (Wildman–Crippen MR) is 359 cm³/mol. The zero-order chi connectivity index (χ0) is 63.1. The first-order valence-electron chi connectivity index (χ1n) is 34.9. The van der Waals surface area contributed by atoms with Crippen LogP contribution in [0.25, 0.3) is 11.1 Å². The third-order valence-electron chi connectivity index (χ3n) is 15.7. The van der Waals surface area contributed by atoms with Crippen LogP contribution in [0.3, 0.4) is 0 Å². The van der Waals surface area contributed by atoms with Crippen molar-refractivity contribution in [1.82, 2.24) is 0 Å². The van der Waals surface area contributed by atoms with E-state index in [0.717, 1.165) is 116 Å². The summed E-state index contributed by atoms with van der Waals surface area (Å²) in [6.07, 6.45) is 39.8. The van der Waals surface area contributed by atoms with Crippen molar-refractivity contribution >= 4 is 23.3 Å². The van der Waals surface area contributed by atoms with E-state index >= 15 is 0 Å². The molecule has 0 aliphatic carbocycles. The van der Waals surface area contributed by atoms with Crippen molar-refractivity contribution in [3.63, 3.8) is 0 Å². The van der Waals surface area contributed by atoms with Crippen LogP contribution < -0.4 is 49.7 Å². The Balaban J connectivity index is 1.63. The van der Waals surface area contributed by atoms with Gasteiger partial charge >= 0.3 is 11.9 Å². The molecule has 0 atom stereocenters. The number of unbranched alkanes of at least 4 members (excludes halogenated alkanes) is 30. The topological polar surface area (TPSA) is 178 Å². The number of ether oxygens (including phenoxy) is 6. The molecule has 0 amide bonds. The largest absolute Gasteiger partial charge is 0.490 e. The average Bonchev–Trinajstić information content (AvgIpc) is 3.39. The smallest absolute Gasteiger partial charge is 0.386 e. The number of nitrogens with two attached hydrogens (primary N) is 2. The van der Waals surface area contributed by atoms with Gasteiger partial charge in [-0.3, -0.25) is 9.78 Å². The van der Waals surface area contributed by atoms with Gasteiger partial charge in [0.1, 0.15) is 0 Å². The molecule has 14 nitrogen and oxygen atoms in total. The lowest BCUT2D eigenvalue weighted by atomic mass is 10.0. The van der Waals surface area contributed by atoms with Crippen molar-refractivity contribution in [2.24, 2.45) is 0 Å². The summed E-state index contributed by atoms with van der Waals surface area (Å²) in [6.45, 7) is 16.1. The highest BCUT2D eigenvalue weighted by atomic mass is 17.2. The van der Waals surface area contributed by atoms with Gasteiger partial charge in [0.05, 0.1) is 50.8 Å². The van der Waals surface area contributed by atoms with Gasteiger partial charge in [-0.15, -0.1) is 0 Å². The molecule has 0 heterocycles. The molecule has 0 saturated carbocycles. The first-order chi connectivity index (χ1) is 43.2. The van der Waals surface area contributed by atoms with E-state index < -0.39 is 11.9 Å². The Morgan fingerprint density at radius 1 is 0.284 bits per heavy atom. The number of hydrogen-bond donors (Lipinski definition) is 2. The predicted octanol–water partition coefficient (Wildman–Crippen LogP) is 21.3. The Kier molecular flexibility index (Phi) is 40.3. The summed E-state index contributed by atoms with van der Waals surface area (Å²) in [5, 5.41) is 0. The third-order valence-corrected chi connectivity index (χ3v) is 15.7. The molecule has 4 aromatic rings. The van der Waals surface area contributed by atoms with E-state index in [1.165, 1.54) is 128 Å². The molecule has 4 rings (SSSR count). The van der Waals surface area contributed by atoms with Crippen molar-refractivity contribution in [2.75, 3.05) is 51.1 Å². The van der Waals surface area contributed by atoms with Gasteiger partial charge in [-0.2, -0.15) is 0 Å². The molecule has 0 bridgehead atoms. The number of benzene rings is 4. The second-order valence-corrected chi connectivity index (χ2v) is 23.7. The molecule has 0 aliphatic heterocycles. The molecule has 0 spiro atoms. The van der Waals surface area contributed by atoms with Gasteiger partial charge in [0.15, 0.2) is 34.5 Å². The van der Waals surface area contributed by atoms with Gasteiger partial charge in [-0.05, 0) is 87.1 Å². The zero-order valence-electron chi connectivity index (χ0n) is 55.5. The van der Waals surface area contributed by atoms with Crippen molar-refractivity contribution < 1.29 is 57.6 Å². The van der Waals surface area contributed by atoms with Crippen molar-refractivity contribution in [3.05, 3.63) is 71.8 Å². The fourth-order valence-corrected chi connectivity index (χ4v) is 10.4. The zero-order valence-corrected chi connectivity index (χ0v) is 55.5. The SMILES string of the molecule is CCCCCCCCOc1cc(C(=O)OOc2cc(N)ccc2-c2ccc(N)cc2OOC(=O)c2cc(OCCCCCCCC)c(OCCCCCCCC)c(OCCCCCCCC)c2)cc(OCCCCCCCC)c1OCCCCCCCC. The van der Waals surface area contributed by atoms with Gasteiger partial charge < -0.3 is 39.9 Å². The Morgan fingerprint density at radius 2 is 0.511 bits per heavy atom. The standard InChI is InChI=1S/C74H116N2O12/c1-7-13-19-25-31-37-47-79-67-53-59(54-68(80-48-38-32-26-20-14-8-2)71(67)83-51-41-35-29-23-17-11-5)73(77)87-85-65-57-61(75)43-45-63(65)64-46-44-62(76)58-66(64)86-88-74(78)60-55-69(81-49-39-33-27-21-15-9-3)72(84-52-42-36-30-24-18-12-6)70(56-60)82-50-40-34-28-22-16-10-4/h43-46,53-58H,7-42,47-52,75-76H2,1-6H3. The summed E-state index contributed by atoms with van der Waals surface area (Å²) in [4.78, 5) is 51.8. The van der Waals surface area contributed by atoms with E-state index in [9.17, 15) is 9.59 Å². The second-order valence-electron chi connectivity index (χ2n) is 23.7. The quantitative estimate of drug-likeness (QED) is 0.0185. The van der Waals surface area contributed by atoms with Crippen molar-refractivity contribution in [2.45, 2.75) is 273 Å². The van der Waals surface area contributed by atoms with Gasteiger partial charge in [0.2, 0.25) is 11.5 Å². The molecule has 14 heteroatoms. The molecule has 0 fully saturated rings. The van der Waals surface area contributed by atoms with E-state index in [2.05, 4.69) is 41.5 Å². The van der Waals surface area contributed by atoms with Gasteiger partial charge in [-0.25, -0.2) is 19.4 Å². The molecule has 494 valence electrons. The Morgan fingerprint density at radius 3 is 0.761 bits per heavy atom. The number of nitrogen functional groups attached to an aromatic ring is 2. The van der Waals surface area contributed by atoms with Crippen LogP contribution in [-0.4, -0.2) is 51.6 Å². The number of carbonyl (C=O) groups excluding carboxylic acids is 2. The number of rotatable bonds is 55. The lowest BCUT2D eigenvalue weighted by Crippen LogP contribution is -2.13.